The number of rotatable bonds is 5. The monoisotopic (exact) mass is 486 g/mol. The van der Waals surface area contributed by atoms with Crippen molar-refractivity contribution in [2.45, 2.75) is 6.10 Å². The van der Waals surface area contributed by atoms with Crippen molar-refractivity contribution in [2.75, 3.05) is 38.3 Å². The number of hydrogen-bond donors (Lipinski definition) is 2. The molecule has 10 heteroatoms. The van der Waals surface area contributed by atoms with E-state index >= 15 is 4.39 Å². The first kappa shape index (κ1) is 22.3. The van der Waals surface area contributed by atoms with Crippen LogP contribution in [0.1, 0.15) is 17.4 Å². The Balaban J connectivity index is 1.46. The molecule has 0 aliphatic carbocycles. The highest BCUT2D eigenvalue weighted by Gasteiger charge is 2.24. The highest BCUT2D eigenvalue weighted by molar-refractivity contribution is 5.94. The smallest absolute Gasteiger partial charge is 0.136 e. The first-order chi connectivity index (χ1) is 17.6. The molecule has 0 saturated carbocycles. The van der Waals surface area contributed by atoms with Crippen LogP contribution in [0.2, 0.25) is 0 Å². The first-order valence-corrected chi connectivity index (χ1v) is 11.6. The Kier molecular flexibility index (Phi) is 5.67. The molecule has 1 atom stereocenters. The highest BCUT2D eigenvalue weighted by Crippen LogP contribution is 2.38. The Morgan fingerprint density at radius 3 is 2.67 bits per heavy atom. The van der Waals surface area contributed by atoms with Gasteiger partial charge in [0, 0.05) is 47.6 Å². The van der Waals surface area contributed by atoms with Crippen LogP contribution in [0.25, 0.3) is 33.2 Å². The number of hydrogen-bond acceptors (Lipinski definition) is 8. The zero-order chi connectivity index (χ0) is 24.6. The number of benzene rings is 2. The van der Waals surface area contributed by atoms with Crippen molar-refractivity contribution >= 4 is 27.6 Å². The second-order valence-electron chi connectivity index (χ2n) is 8.50. The van der Waals surface area contributed by atoms with Crippen LogP contribution in [0.15, 0.2) is 55.2 Å². The van der Waals surface area contributed by atoms with E-state index in [2.05, 4.69) is 29.8 Å². The molecule has 6 rings (SSSR count). The average Bonchev–Trinajstić information content (AvgIpc) is 3.42. The lowest BCUT2D eigenvalue weighted by Crippen LogP contribution is -2.36. The number of nitrogens with one attached hydrogen (secondary N) is 1. The number of fused-ring (bicyclic) bond motifs is 2. The molecule has 1 aliphatic rings. The summed E-state index contributed by atoms with van der Waals surface area (Å²) in [5.41, 5.74) is 4.37. The van der Waals surface area contributed by atoms with Gasteiger partial charge in [0.05, 0.1) is 42.6 Å². The van der Waals surface area contributed by atoms with Gasteiger partial charge in [-0.25, -0.2) is 24.3 Å². The third-order valence-electron chi connectivity index (χ3n) is 6.50. The molecule has 0 radical (unpaired) electrons. The Morgan fingerprint density at radius 1 is 1.03 bits per heavy atom. The van der Waals surface area contributed by atoms with Gasteiger partial charge in [0.2, 0.25) is 0 Å². The minimum atomic E-state index is -1.19. The van der Waals surface area contributed by atoms with E-state index in [1.807, 2.05) is 18.2 Å². The molecule has 2 N–H and O–H groups in total. The molecule has 4 heterocycles. The molecule has 9 nitrogen and oxygen atoms in total. The minimum Gasteiger partial charge on any atom is -0.496 e. The summed E-state index contributed by atoms with van der Waals surface area (Å²) < 4.78 is 26.3. The van der Waals surface area contributed by atoms with Crippen molar-refractivity contribution in [3.05, 3.63) is 72.3 Å². The number of anilines is 1. The maximum absolute atomic E-state index is 15.4. The van der Waals surface area contributed by atoms with Gasteiger partial charge in [-0.05, 0) is 30.3 Å². The van der Waals surface area contributed by atoms with Gasteiger partial charge >= 0.3 is 0 Å². The number of aromatic nitrogens is 5. The van der Waals surface area contributed by atoms with E-state index in [4.69, 9.17) is 9.47 Å². The quantitative estimate of drug-likeness (QED) is 0.388. The number of methoxy groups -OCH3 is 1. The number of aliphatic hydroxyl groups excluding tert-OH is 1. The summed E-state index contributed by atoms with van der Waals surface area (Å²) in [5.74, 6) is -0.317. The van der Waals surface area contributed by atoms with Crippen molar-refractivity contribution in [2.24, 2.45) is 0 Å². The SMILES string of the molecule is COc1cc(F)c(-c2ncnc3cc(N4CCOCC4)ccc23)cc1C(O)c1ncnc2cc[nH]c12. The lowest BCUT2D eigenvalue weighted by Gasteiger charge is -2.29. The van der Waals surface area contributed by atoms with Crippen molar-refractivity contribution in [1.82, 2.24) is 24.9 Å². The zero-order valence-corrected chi connectivity index (χ0v) is 19.5. The lowest BCUT2D eigenvalue weighted by atomic mass is 9.97. The van der Waals surface area contributed by atoms with Gasteiger partial charge < -0.3 is 24.5 Å². The van der Waals surface area contributed by atoms with Crippen molar-refractivity contribution in [1.29, 1.82) is 0 Å². The summed E-state index contributed by atoms with van der Waals surface area (Å²) in [4.78, 5) is 22.6. The van der Waals surface area contributed by atoms with Crippen molar-refractivity contribution in [3.63, 3.8) is 0 Å². The van der Waals surface area contributed by atoms with Gasteiger partial charge in [-0.1, -0.05) is 0 Å². The molecule has 1 saturated heterocycles. The summed E-state index contributed by atoms with van der Waals surface area (Å²) >= 11 is 0. The van der Waals surface area contributed by atoms with Crippen LogP contribution in [-0.2, 0) is 4.74 Å². The van der Waals surface area contributed by atoms with E-state index in [1.54, 1.807) is 18.3 Å². The third kappa shape index (κ3) is 3.80. The molecule has 36 heavy (non-hydrogen) atoms. The average molecular weight is 487 g/mol. The minimum absolute atomic E-state index is 0.204. The van der Waals surface area contributed by atoms with Crippen LogP contribution < -0.4 is 9.64 Å². The summed E-state index contributed by atoms with van der Waals surface area (Å²) in [5, 5.41) is 12.0. The van der Waals surface area contributed by atoms with E-state index in [0.29, 0.717) is 52.1 Å². The lowest BCUT2D eigenvalue weighted by molar-refractivity contribution is 0.122. The van der Waals surface area contributed by atoms with Gasteiger partial charge in [-0.15, -0.1) is 0 Å². The number of aromatic amines is 1. The Labute approximate surface area is 205 Å². The molecule has 1 aliphatic heterocycles. The van der Waals surface area contributed by atoms with E-state index in [0.717, 1.165) is 18.8 Å². The molecule has 0 spiro atoms. The fourth-order valence-electron chi connectivity index (χ4n) is 4.67. The molecule has 0 amide bonds. The topological polar surface area (TPSA) is 109 Å². The zero-order valence-electron chi connectivity index (χ0n) is 19.5. The van der Waals surface area contributed by atoms with Crippen LogP contribution in [0, 0.1) is 5.82 Å². The summed E-state index contributed by atoms with van der Waals surface area (Å²) in [6.45, 7) is 2.95. The van der Waals surface area contributed by atoms with Crippen LogP contribution >= 0.6 is 0 Å². The number of ether oxygens (including phenoxy) is 2. The maximum Gasteiger partial charge on any atom is 0.136 e. The summed E-state index contributed by atoms with van der Waals surface area (Å²) in [6.07, 6.45) is 3.34. The second kappa shape index (κ2) is 9.14. The maximum atomic E-state index is 15.4. The summed E-state index contributed by atoms with van der Waals surface area (Å²) in [6, 6.07) is 10.5. The molecule has 182 valence electrons. The van der Waals surface area contributed by atoms with Gasteiger partial charge in [0.15, 0.2) is 0 Å². The molecule has 1 fully saturated rings. The largest absolute Gasteiger partial charge is 0.496 e. The van der Waals surface area contributed by atoms with Crippen LogP contribution in [0.5, 0.6) is 5.75 Å². The van der Waals surface area contributed by atoms with Crippen molar-refractivity contribution in [3.8, 4) is 17.0 Å². The molecule has 3 aromatic heterocycles. The van der Waals surface area contributed by atoms with Gasteiger partial charge in [0.1, 0.15) is 36.0 Å². The predicted molar refractivity (Wildman–Crippen MR) is 132 cm³/mol. The molecule has 1 unspecified atom stereocenters. The second-order valence-corrected chi connectivity index (χ2v) is 8.50. The number of H-pyrrole nitrogens is 1. The fourth-order valence-corrected chi connectivity index (χ4v) is 4.67. The van der Waals surface area contributed by atoms with Crippen LogP contribution in [-0.4, -0.2) is 63.4 Å². The van der Waals surface area contributed by atoms with Crippen molar-refractivity contribution < 1.29 is 19.0 Å². The van der Waals surface area contributed by atoms with Gasteiger partial charge in [-0.2, -0.15) is 0 Å². The fraction of sp³-hybridized carbons (Fsp3) is 0.231. The van der Waals surface area contributed by atoms with Gasteiger partial charge in [0.25, 0.3) is 0 Å². The van der Waals surface area contributed by atoms with Gasteiger partial charge in [-0.3, -0.25) is 0 Å². The standard InChI is InChI=1S/C26H23FN6O3/c1-35-22-12-19(27)17(11-18(22)26(34)25-24-20(4-5-28-24)29-13-32-25)23-16-3-2-15(10-21(16)30-14-31-23)33-6-8-36-9-7-33/h2-5,10-14,26,28,34H,6-9H2,1H3. The molecule has 5 aromatic rings. The summed E-state index contributed by atoms with van der Waals surface area (Å²) in [7, 11) is 1.43. The Hall–Kier alpha value is -4.15. The van der Waals surface area contributed by atoms with Crippen LogP contribution in [0.3, 0.4) is 0 Å². The third-order valence-corrected chi connectivity index (χ3v) is 6.50. The van der Waals surface area contributed by atoms with E-state index in [1.165, 1.54) is 25.8 Å². The number of aliphatic hydroxyl groups is 1. The normalized spacial score (nSPS) is 14.9. The number of halogens is 1. The van der Waals surface area contributed by atoms with Crippen LogP contribution in [0.4, 0.5) is 10.1 Å². The predicted octanol–water partition coefficient (Wildman–Crippen LogP) is 3.63. The van der Waals surface area contributed by atoms with E-state index in [-0.39, 0.29) is 11.3 Å². The molecule has 0 bridgehead atoms. The van der Waals surface area contributed by atoms with E-state index in [9.17, 15) is 5.11 Å². The number of morpholine rings is 1. The first-order valence-electron chi connectivity index (χ1n) is 11.6. The number of nitrogens with zero attached hydrogens (tertiary/aromatic N) is 5. The Bertz CT molecular complexity index is 1570. The highest BCUT2D eigenvalue weighted by atomic mass is 19.1. The molecular weight excluding hydrogens is 463 g/mol. The van der Waals surface area contributed by atoms with E-state index < -0.39 is 11.9 Å². The Morgan fingerprint density at radius 2 is 1.83 bits per heavy atom. The molecular formula is C26H23FN6O3. The molecule has 2 aromatic carbocycles.